The summed E-state index contributed by atoms with van der Waals surface area (Å²) in [5.74, 6) is -0.895. The van der Waals surface area contributed by atoms with E-state index in [2.05, 4.69) is 27.2 Å². The van der Waals surface area contributed by atoms with Crippen LogP contribution in [-0.4, -0.2) is 55.3 Å². The Morgan fingerprint density at radius 3 is 2.39 bits per heavy atom. The zero-order valence-corrected chi connectivity index (χ0v) is 23.6. The van der Waals surface area contributed by atoms with Crippen molar-refractivity contribution in [3.63, 3.8) is 0 Å². The van der Waals surface area contributed by atoms with Crippen molar-refractivity contribution < 1.29 is 27.8 Å². The second-order valence-corrected chi connectivity index (χ2v) is 10.9. The van der Waals surface area contributed by atoms with Gasteiger partial charge in [-0.1, -0.05) is 32.3 Å². The second-order valence-electron chi connectivity index (χ2n) is 10.9. The maximum absolute atomic E-state index is 15.2. The molecule has 3 atom stereocenters. The molecular formula is C29H36F2N6O4. The van der Waals surface area contributed by atoms with E-state index in [1.165, 1.54) is 57.9 Å². The molecule has 1 aliphatic heterocycles. The van der Waals surface area contributed by atoms with E-state index in [1.807, 2.05) is 0 Å². The lowest BCUT2D eigenvalue weighted by Crippen LogP contribution is -2.51. The van der Waals surface area contributed by atoms with Crippen molar-refractivity contribution in [3.05, 3.63) is 42.1 Å². The highest BCUT2D eigenvalue weighted by Gasteiger charge is 2.38. The molecule has 2 heterocycles. The van der Waals surface area contributed by atoms with Gasteiger partial charge in [0.2, 0.25) is 11.9 Å². The number of halogens is 2. The number of methoxy groups -OCH3 is 2. The Morgan fingerprint density at radius 2 is 1.76 bits per heavy atom. The van der Waals surface area contributed by atoms with Gasteiger partial charge < -0.3 is 20.1 Å². The fourth-order valence-electron chi connectivity index (χ4n) is 6.46. The number of nitrogens with one attached hydrogen (secondary N) is 2. The number of anilines is 3. The topological polar surface area (TPSA) is 109 Å². The number of aromatic nitrogens is 2. The summed E-state index contributed by atoms with van der Waals surface area (Å²) in [4.78, 5) is 36.9. The normalized spacial score (nSPS) is 22.8. The van der Waals surface area contributed by atoms with Crippen LogP contribution in [0.1, 0.15) is 50.5 Å². The summed E-state index contributed by atoms with van der Waals surface area (Å²) in [5, 5.41) is 6.46. The lowest BCUT2D eigenvalue weighted by atomic mass is 9.75. The maximum Gasteiger partial charge on any atom is 0.330 e. The number of hydrogen-bond donors (Lipinski definition) is 2. The van der Waals surface area contributed by atoms with E-state index < -0.39 is 23.4 Å². The van der Waals surface area contributed by atoms with Crippen molar-refractivity contribution in [2.75, 3.05) is 36.4 Å². The first-order chi connectivity index (χ1) is 19.7. The monoisotopic (exact) mass is 570 g/mol. The minimum atomic E-state index is -1.02. The van der Waals surface area contributed by atoms with Gasteiger partial charge in [0.1, 0.15) is 11.5 Å². The predicted octanol–water partition coefficient (Wildman–Crippen LogP) is 4.79. The maximum atomic E-state index is 15.2. The summed E-state index contributed by atoms with van der Waals surface area (Å²) in [6.07, 6.45) is 10.6. The smallest absolute Gasteiger partial charge is 0.330 e. The number of nitrogens with zero attached hydrogens (tertiary/aromatic N) is 4. The molecule has 2 saturated carbocycles. The molecule has 220 valence electrons. The molecule has 0 bridgehead atoms. The molecule has 0 spiro atoms. The molecule has 1 unspecified atom stereocenters. The summed E-state index contributed by atoms with van der Waals surface area (Å²) < 4.78 is 40.5. The molecule has 2 N–H and O–H groups in total. The van der Waals surface area contributed by atoms with Gasteiger partial charge in [0.05, 0.1) is 20.8 Å². The van der Waals surface area contributed by atoms with Crippen molar-refractivity contribution >= 4 is 29.4 Å². The zero-order valence-electron chi connectivity index (χ0n) is 23.6. The van der Waals surface area contributed by atoms with Crippen molar-refractivity contribution in [2.24, 2.45) is 11.8 Å². The molecule has 12 heteroatoms. The standard InChI is InChI=1S/C29H36F2N6O4/c1-5-23(38)33-19-11-10-17(16-8-6-7-9-16)12-20(19)34-28-32-14-18-15-37(29(39)36(2)27(18)35-28)26-24(30)21(40-3)13-22(41-4)25(26)31/h5,13-14,16-17,19-20H,1,6-12,15H2,2-4H3,(H,33,38)(H,32,34,35)/t17?,19-,20+/m0/s1. The van der Waals surface area contributed by atoms with Crippen molar-refractivity contribution in [3.8, 4) is 11.5 Å². The molecule has 3 amide bonds. The van der Waals surface area contributed by atoms with E-state index in [9.17, 15) is 9.59 Å². The van der Waals surface area contributed by atoms with E-state index in [1.54, 1.807) is 6.20 Å². The summed E-state index contributed by atoms with van der Waals surface area (Å²) in [6, 6.07) is 0.186. The predicted molar refractivity (Wildman–Crippen MR) is 150 cm³/mol. The van der Waals surface area contributed by atoms with Crippen LogP contribution in [0.5, 0.6) is 11.5 Å². The van der Waals surface area contributed by atoms with Gasteiger partial charge in [0, 0.05) is 37.0 Å². The number of ether oxygens (including phenoxy) is 2. The zero-order chi connectivity index (χ0) is 29.3. The Bertz CT molecular complexity index is 1310. The van der Waals surface area contributed by atoms with E-state index in [0.717, 1.165) is 30.2 Å². The second kappa shape index (κ2) is 11.9. The Labute approximate surface area is 238 Å². The third-order valence-corrected chi connectivity index (χ3v) is 8.61. The first kappa shape index (κ1) is 28.6. The highest BCUT2D eigenvalue weighted by molar-refractivity contribution is 6.05. The first-order valence-corrected chi connectivity index (χ1v) is 14.0. The van der Waals surface area contributed by atoms with Gasteiger partial charge in [-0.3, -0.25) is 14.6 Å². The lowest BCUT2D eigenvalue weighted by molar-refractivity contribution is -0.117. The molecule has 1 aromatic heterocycles. The third kappa shape index (κ3) is 5.51. The summed E-state index contributed by atoms with van der Waals surface area (Å²) in [6.45, 7) is 3.42. The van der Waals surface area contributed by atoms with Gasteiger partial charge in [-0.05, 0) is 37.2 Å². The van der Waals surface area contributed by atoms with Gasteiger partial charge in [0.15, 0.2) is 23.1 Å². The Kier molecular flexibility index (Phi) is 8.27. The van der Waals surface area contributed by atoms with Crippen LogP contribution in [0.4, 0.5) is 31.0 Å². The van der Waals surface area contributed by atoms with E-state index in [0.29, 0.717) is 29.2 Å². The third-order valence-electron chi connectivity index (χ3n) is 8.61. The van der Waals surface area contributed by atoms with Crippen LogP contribution in [0.2, 0.25) is 0 Å². The van der Waals surface area contributed by atoms with Gasteiger partial charge in [-0.15, -0.1) is 0 Å². The molecule has 2 fully saturated rings. The van der Waals surface area contributed by atoms with Crippen LogP contribution in [0.3, 0.4) is 0 Å². The Morgan fingerprint density at radius 1 is 1.07 bits per heavy atom. The fraction of sp³-hybridized carbons (Fsp3) is 0.517. The quantitative estimate of drug-likeness (QED) is 0.440. The van der Waals surface area contributed by atoms with Crippen LogP contribution in [-0.2, 0) is 11.3 Å². The number of urea groups is 1. The number of benzene rings is 1. The number of amides is 3. The van der Waals surface area contributed by atoms with E-state index in [4.69, 9.17) is 9.47 Å². The van der Waals surface area contributed by atoms with Crippen LogP contribution in [0.25, 0.3) is 0 Å². The lowest BCUT2D eigenvalue weighted by Gasteiger charge is -2.39. The highest BCUT2D eigenvalue weighted by atomic mass is 19.1. The van der Waals surface area contributed by atoms with E-state index >= 15 is 8.78 Å². The summed E-state index contributed by atoms with van der Waals surface area (Å²) >= 11 is 0. The average molecular weight is 571 g/mol. The molecule has 2 aliphatic carbocycles. The number of carbonyl (C=O) groups is 2. The van der Waals surface area contributed by atoms with Gasteiger partial charge >= 0.3 is 6.03 Å². The molecule has 10 nitrogen and oxygen atoms in total. The molecule has 2 aromatic rings. The molecule has 5 rings (SSSR count). The molecule has 0 radical (unpaired) electrons. The van der Waals surface area contributed by atoms with Crippen LogP contribution in [0, 0.1) is 23.5 Å². The minimum absolute atomic E-state index is 0.107. The number of hydrogen-bond acceptors (Lipinski definition) is 7. The molecule has 41 heavy (non-hydrogen) atoms. The highest BCUT2D eigenvalue weighted by Crippen LogP contribution is 2.42. The van der Waals surface area contributed by atoms with E-state index in [-0.39, 0.29) is 36.0 Å². The van der Waals surface area contributed by atoms with Crippen molar-refractivity contribution in [1.82, 2.24) is 15.3 Å². The van der Waals surface area contributed by atoms with Crippen molar-refractivity contribution in [1.29, 1.82) is 0 Å². The van der Waals surface area contributed by atoms with Crippen molar-refractivity contribution in [2.45, 2.75) is 63.6 Å². The van der Waals surface area contributed by atoms with Gasteiger partial charge in [0.25, 0.3) is 0 Å². The molecule has 1 aromatic carbocycles. The largest absolute Gasteiger partial charge is 0.493 e. The Balaban J connectivity index is 1.41. The molecule has 3 aliphatic rings. The minimum Gasteiger partial charge on any atom is -0.493 e. The van der Waals surface area contributed by atoms with Gasteiger partial charge in [-0.25, -0.2) is 18.6 Å². The average Bonchev–Trinajstić information content (AvgIpc) is 3.52. The summed E-state index contributed by atoms with van der Waals surface area (Å²) in [7, 11) is 3.98. The number of carbonyl (C=O) groups excluding carboxylic acids is 2. The first-order valence-electron chi connectivity index (χ1n) is 14.0. The van der Waals surface area contributed by atoms with Crippen LogP contribution < -0.4 is 29.9 Å². The number of rotatable bonds is 8. The number of fused-ring (bicyclic) bond motifs is 1. The van der Waals surface area contributed by atoms with Gasteiger partial charge in [-0.2, -0.15) is 4.98 Å². The van der Waals surface area contributed by atoms with Crippen LogP contribution in [0.15, 0.2) is 24.9 Å². The summed E-state index contributed by atoms with van der Waals surface area (Å²) in [5.41, 5.74) is -0.0749. The van der Waals surface area contributed by atoms with Crippen LogP contribution >= 0.6 is 0 Å². The fourth-order valence-corrected chi connectivity index (χ4v) is 6.46. The Hall–Kier alpha value is -3.96. The SMILES string of the molecule is C=CC(=O)N[C@H]1CCC(C2CCCC2)C[C@H]1Nc1ncc2c(n1)N(C)C(=O)N(c1c(F)c(OC)cc(OC)c1F)C2. The molecular weight excluding hydrogens is 534 g/mol. The molecule has 0 saturated heterocycles.